The average Bonchev–Trinajstić information content (AvgIpc) is 2.30. The predicted octanol–water partition coefficient (Wildman–Crippen LogP) is 2.68. The molecular formula is C11H14F4N2O. The van der Waals surface area contributed by atoms with E-state index in [1.165, 1.54) is 25.3 Å². The van der Waals surface area contributed by atoms with Crippen LogP contribution in [0.2, 0.25) is 0 Å². The van der Waals surface area contributed by atoms with Crippen LogP contribution in [-0.4, -0.2) is 13.3 Å². The Hall–Kier alpha value is -1.34. The van der Waals surface area contributed by atoms with Gasteiger partial charge in [-0.2, -0.15) is 13.2 Å². The van der Waals surface area contributed by atoms with Crippen molar-refractivity contribution >= 4 is 0 Å². The van der Waals surface area contributed by atoms with Crippen LogP contribution in [-0.2, 0) is 0 Å². The first-order valence-electron chi connectivity index (χ1n) is 5.24. The Morgan fingerprint density at radius 3 is 2.56 bits per heavy atom. The molecule has 3 N–H and O–H groups in total. The van der Waals surface area contributed by atoms with Crippen LogP contribution >= 0.6 is 0 Å². The van der Waals surface area contributed by atoms with Crippen LogP contribution in [0.15, 0.2) is 18.2 Å². The Bertz CT molecular complexity index is 395. The zero-order valence-corrected chi connectivity index (χ0v) is 9.72. The fraction of sp³-hybridized carbons (Fsp3) is 0.455. The molecule has 0 aliphatic rings. The van der Waals surface area contributed by atoms with E-state index >= 15 is 0 Å². The summed E-state index contributed by atoms with van der Waals surface area (Å²) in [5, 5.41) is 0. The summed E-state index contributed by atoms with van der Waals surface area (Å²) in [7, 11) is 1.28. The van der Waals surface area contributed by atoms with Gasteiger partial charge in [-0.3, -0.25) is 11.3 Å². The molecule has 0 aliphatic heterocycles. The lowest BCUT2D eigenvalue weighted by atomic mass is 10.0. The normalized spacial score (nSPS) is 13.4. The number of halogens is 4. The van der Waals surface area contributed by atoms with E-state index in [1.807, 2.05) is 0 Å². The molecule has 1 aromatic rings. The Morgan fingerprint density at radius 1 is 1.39 bits per heavy atom. The highest BCUT2D eigenvalue weighted by Crippen LogP contribution is 2.30. The van der Waals surface area contributed by atoms with E-state index in [0.717, 1.165) is 0 Å². The van der Waals surface area contributed by atoms with Crippen molar-refractivity contribution in [3.63, 3.8) is 0 Å². The molecule has 7 heteroatoms. The van der Waals surface area contributed by atoms with Crippen molar-refractivity contribution in [2.75, 3.05) is 7.11 Å². The number of hydrogen-bond donors (Lipinski definition) is 2. The first-order chi connectivity index (χ1) is 8.39. The Balaban J connectivity index is 2.88. The Morgan fingerprint density at radius 2 is 2.06 bits per heavy atom. The van der Waals surface area contributed by atoms with E-state index in [-0.39, 0.29) is 17.7 Å². The van der Waals surface area contributed by atoms with E-state index in [4.69, 9.17) is 10.6 Å². The van der Waals surface area contributed by atoms with Crippen LogP contribution in [0.3, 0.4) is 0 Å². The zero-order valence-electron chi connectivity index (χ0n) is 9.72. The lowest BCUT2D eigenvalue weighted by Crippen LogP contribution is -2.30. The molecule has 0 bridgehead atoms. The molecule has 0 amide bonds. The van der Waals surface area contributed by atoms with Crippen LogP contribution in [0.25, 0.3) is 0 Å². The largest absolute Gasteiger partial charge is 0.494 e. The van der Waals surface area contributed by atoms with Crippen LogP contribution in [0.1, 0.15) is 24.4 Å². The van der Waals surface area contributed by atoms with Gasteiger partial charge < -0.3 is 4.74 Å². The summed E-state index contributed by atoms with van der Waals surface area (Å²) in [4.78, 5) is 0. The van der Waals surface area contributed by atoms with Gasteiger partial charge in [-0.05, 0) is 12.5 Å². The second-order valence-electron chi connectivity index (χ2n) is 3.74. The van der Waals surface area contributed by atoms with Crippen molar-refractivity contribution in [2.24, 2.45) is 5.84 Å². The molecular weight excluding hydrogens is 252 g/mol. The van der Waals surface area contributed by atoms with Crippen LogP contribution < -0.4 is 16.0 Å². The van der Waals surface area contributed by atoms with Gasteiger partial charge in [-0.15, -0.1) is 0 Å². The van der Waals surface area contributed by atoms with Crippen LogP contribution in [0.4, 0.5) is 17.6 Å². The Labute approximate surface area is 102 Å². The summed E-state index contributed by atoms with van der Waals surface area (Å²) in [6.07, 6.45) is -5.69. The molecule has 0 aromatic heterocycles. The predicted molar refractivity (Wildman–Crippen MR) is 58.3 cm³/mol. The zero-order chi connectivity index (χ0) is 13.8. The number of nitrogens with one attached hydrogen (secondary N) is 1. The molecule has 18 heavy (non-hydrogen) atoms. The second kappa shape index (κ2) is 6.01. The monoisotopic (exact) mass is 266 g/mol. The van der Waals surface area contributed by atoms with Crippen LogP contribution in [0, 0.1) is 5.82 Å². The molecule has 0 fully saturated rings. The smallest absolute Gasteiger partial charge is 0.389 e. The molecule has 1 rings (SSSR count). The summed E-state index contributed by atoms with van der Waals surface area (Å²) in [5.41, 5.74) is 2.24. The van der Waals surface area contributed by atoms with Crippen molar-refractivity contribution in [3.05, 3.63) is 29.6 Å². The lowest BCUT2D eigenvalue weighted by molar-refractivity contribution is -0.136. The van der Waals surface area contributed by atoms with Gasteiger partial charge in [-0.1, -0.05) is 12.1 Å². The summed E-state index contributed by atoms with van der Waals surface area (Å²) in [6, 6.07) is 3.34. The number of benzene rings is 1. The average molecular weight is 266 g/mol. The highest BCUT2D eigenvalue weighted by atomic mass is 19.4. The number of rotatable bonds is 5. The first-order valence-corrected chi connectivity index (χ1v) is 5.24. The second-order valence-corrected chi connectivity index (χ2v) is 3.74. The summed E-state index contributed by atoms with van der Waals surface area (Å²) >= 11 is 0. The highest BCUT2D eigenvalue weighted by Gasteiger charge is 2.29. The number of ether oxygens (including phenoxy) is 1. The molecule has 102 valence electrons. The van der Waals surface area contributed by atoms with Gasteiger partial charge in [0.1, 0.15) is 0 Å². The summed E-state index contributed by atoms with van der Waals surface area (Å²) in [5.74, 6) is 4.44. The van der Waals surface area contributed by atoms with E-state index in [2.05, 4.69) is 5.43 Å². The fourth-order valence-corrected chi connectivity index (χ4v) is 1.59. The van der Waals surface area contributed by atoms with Crippen molar-refractivity contribution in [3.8, 4) is 5.75 Å². The van der Waals surface area contributed by atoms with Gasteiger partial charge in [0, 0.05) is 18.0 Å². The van der Waals surface area contributed by atoms with Gasteiger partial charge in [0.05, 0.1) is 7.11 Å². The number of alkyl halides is 3. The molecule has 0 spiro atoms. The summed E-state index contributed by atoms with van der Waals surface area (Å²) in [6.45, 7) is 0. The van der Waals surface area contributed by atoms with Gasteiger partial charge in [0.15, 0.2) is 11.6 Å². The molecule has 1 aromatic carbocycles. The number of hydrogen-bond acceptors (Lipinski definition) is 3. The highest BCUT2D eigenvalue weighted by molar-refractivity contribution is 5.33. The van der Waals surface area contributed by atoms with Crippen molar-refractivity contribution in [2.45, 2.75) is 25.1 Å². The third kappa shape index (κ3) is 3.85. The molecule has 0 radical (unpaired) electrons. The van der Waals surface area contributed by atoms with Gasteiger partial charge in [0.25, 0.3) is 0 Å². The fourth-order valence-electron chi connectivity index (χ4n) is 1.59. The molecule has 0 saturated heterocycles. The van der Waals surface area contributed by atoms with Gasteiger partial charge in [0.2, 0.25) is 0 Å². The maximum absolute atomic E-state index is 13.8. The minimum atomic E-state index is -4.30. The number of methoxy groups -OCH3 is 1. The van der Waals surface area contributed by atoms with E-state index in [9.17, 15) is 17.6 Å². The van der Waals surface area contributed by atoms with Crippen molar-refractivity contribution in [1.82, 2.24) is 5.43 Å². The third-order valence-electron chi connectivity index (χ3n) is 2.51. The SMILES string of the molecule is COc1cccc(C(CCC(F)(F)F)NN)c1F. The molecule has 1 atom stereocenters. The number of hydrazine groups is 1. The number of nitrogens with two attached hydrogens (primary N) is 1. The standard InChI is InChI=1S/C11H14F4N2O/c1-18-9-4-2-3-7(10(9)12)8(17-16)5-6-11(13,14)15/h2-4,8,17H,5-6,16H2,1H3. The maximum Gasteiger partial charge on any atom is 0.389 e. The molecule has 1 unspecified atom stereocenters. The van der Waals surface area contributed by atoms with E-state index in [0.29, 0.717) is 0 Å². The topological polar surface area (TPSA) is 47.3 Å². The minimum absolute atomic E-state index is 0.0280. The van der Waals surface area contributed by atoms with Crippen molar-refractivity contribution < 1.29 is 22.3 Å². The first kappa shape index (κ1) is 14.7. The van der Waals surface area contributed by atoms with E-state index in [1.54, 1.807) is 0 Å². The Kier molecular flexibility index (Phi) is 4.92. The molecule has 3 nitrogen and oxygen atoms in total. The van der Waals surface area contributed by atoms with Gasteiger partial charge >= 0.3 is 6.18 Å². The molecule has 0 saturated carbocycles. The molecule has 0 aliphatic carbocycles. The summed E-state index contributed by atoms with van der Waals surface area (Å²) < 4.78 is 55.0. The van der Waals surface area contributed by atoms with Crippen molar-refractivity contribution in [1.29, 1.82) is 0 Å². The lowest BCUT2D eigenvalue weighted by Gasteiger charge is -2.18. The third-order valence-corrected chi connectivity index (χ3v) is 2.51. The van der Waals surface area contributed by atoms with Gasteiger partial charge in [-0.25, -0.2) is 4.39 Å². The van der Waals surface area contributed by atoms with E-state index < -0.39 is 24.5 Å². The molecule has 0 heterocycles. The maximum atomic E-state index is 13.8. The quantitative estimate of drug-likeness (QED) is 0.489. The van der Waals surface area contributed by atoms with Crippen LogP contribution in [0.5, 0.6) is 5.75 Å². The minimum Gasteiger partial charge on any atom is -0.494 e.